The van der Waals surface area contributed by atoms with Crippen LogP contribution >= 0.6 is 15.9 Å². The number of alkyl carbamates (subject to hydrolysis) is 1. The number of ether oxygens (including phenoxy) is 2. The molecule has 1 atom stereocenters. The van der Waals surface area contributed by atoms with Gasteiger partial charge in [0.15, 0.2) is 0 Å². The topological polar surface area (TPSA) is 47.6 Å². The van der Waals surface area contributed by atoms with Crippen LogP contribution in [0, 0.1) is 11.7 Å². The number of hydrogen-bond donors (Lipinski definition) is 1. The molecule has 0 spiro atoms. The molecule has 0 fully saturated rings. The maximum Gasteiger partial charge on any atom is 0.407 e. The zero-order valence-electron chi connectivity index (χ0n) is 17.8. The molecule has 4 nitrogen and oxygen atoms in total. The molecule has 0 saturated heterocycles. The van der Waals surface area contributed by atoms with E-state index in [9.17, 15) is 9.18 Å². The predicted octanol–water partition coefficient (Wildman–Crippen LogP) is 6.38. The highest BCUT2D eigenvalue weighted by Gasteiger charge is 2.21. The first-order valence-corrected chi connectivity index (χ1v) is 10.3. The van der Waals surface area contributed by atoms with Crippen molar-refractivity contribution in [2.75, 3.05) is 6.54 Å². The van der Waals surface area contributed by atoms with Gasteiger partial charge in [-0.1, -0.05) is 22.5 Å². The number of nitrogens with one attached hydrogen (secondary N) is 1. The van der Waals surface area contributed by atoms with Crippen LogP contribution in [0.4, 0.5) is 9.18 Å². The van der Waals surface area contributed by atoms with E-state index in [0.717, 1.165) is 18.4 Å². The number of allylic oxidation sites excluding steroid dienone is 1. The van der Waals surface area contributed by atoms with Gasteiger partial charge >= 0.3 is 6.09 Å². The Bertz CT molecular complexity index is 657. The molecule has 6 heteroatoms. The molecule has 0 heterocycles. The zero-order valence-corrected chi connectivity index (χ0v) is 19.4. The van der Waals surface area contributed by atoms with Crippen LogP contribution in [-0.2, 0) is 15.9 Å². The summed E-state index contributed by atoms with van der Waals surface area (Å²) in [7, 11) is 0. The van der Waals surface area contributed by atoms with Gasteiger partial charge in [0.2, 0.25) is 0 Å². The highest BCUT2D eigenvalue weighted by Crippen LogP contribution is 2.27. The summed E-state index contributed by atoms with van der Waals surface area (Å²) in [6.07, 6.45) is 1.66. The van der Waals surface area contributed by atoms with Crippen LogP contribution in [0.15, 0.2) is 35.0 Å². The van der Waals surface area contributed by atoms with Crippen molar-refractivity contribution in [1.82, 2.24) is 5.32 Å². The second-order valence-corrected chi connectivity index (χ2v) is 9.85. The number of carbonyl (C=O) groups excluding carboxylic acids is 1. The summed E-state index contributed by atoms with van der Waals surface area (Å²) >= 11 is 3.34. The van der Waals surface area contributed by atoms with Crippen LogP contribution in [0.5, 0.6) is 0 Å². The fraction of sp³-hybridized carbons (Fsp3) is 0.591. The molecule has 0 bridgehead atoms. The van der Waals surface area contributed by atoms with E-state index in [2.05, 4.69) is 27.8 Å². The highest BCUT2D eigenvalue weighted by atomic mass is 79.9. The Kier molecular flexibility index (Phi) is 8.99. The van der Waals surface area contributed by atoms with Crippen molar-refractivity contribution in [3.63, 3.8) is 0 Å². The lowest BCUT2D eigenvalue weighted by atomic mass is 9.93. The molecule has 0 aliphatic heterocycles. The molecule has 0 aliphatic carbocycles. The van der Waals surface area contributed by atoms with E-state index in [1.165, 1.54) is 12.1 Å². The molecule has 158 valence electrons. The summed E-state index contributed by atoms with van der Waals surface area (Å²) in [6, 6.07) is 4.87. The second-order valence-electron chi connectivity index (χ2n) is 8.93. The van der Waals surface area contributed by atoms with Crippen molar-refractivity contribution in [1.29, 1.82) is 0 Å². The van der Waals surface area contributed by atoms with Gasteiger partial charge < -0.3 is 14.8 Å². The van der Waals surface area contributed by atoms with Gasteiger partial charge in [-0.2, -0.15) is 0 Å². The fourth-order valence-corrected chi connectivity index (χ4v) is 3.23. The summed E-state index contributed by atoms with van der Waals surface area (Å²) in [5, 5.41) is 2.76. The molecule has 0 aliphatic rings. The SMILES string of the molecule is C=C(OC(C)(C)C)C(CCCNC(=O)OC(C)(C)C)Cc1cc(F)cc(Br)c1. The Morgan fingerprint density at radius 2 is 1.75 bits per heavy atom. The molecule has 1 aromatic carbocycles. The van der Waals surface area contributed by atoms with Gasteiger partial charge in [-0.25, -0.2) is 9.18 Å². The van der Waals surface area contributed by atoms with Crippen molar-refractivity contribution in [3.8, 4) is 0 Å². The average Bonchev–Trinajstić information content (AvgIpc) is 2.45. The Hall–Kier alpha value is -1.56. The van der Waals surface area contributed by atoms with E-state index >= 15 is 0 Å². The van der Waals surface area contributed by atoms with Crippen molar-refractivity contribution in [3.05, 3.63) is 46.4 Å². The summed E-state index contributed by atoms with van der Waals surface area (Å²) < 4.78 is 25.6. The number of benzene rings is 1. The van der Waals surface area contributed by atoms with Crippen LogP contribution in [0.1, 0.15) is 59.9 Å². The first-order valence-electron chi connectivity index (χ1n) is 9.55. The molecule has 1 N–H and O–H groups in total. The van der Waals surface area contributed by atoms with Gasteiger partial charge in [-0.3, -0.25) is 0 Å². The quantitative estimate of drug-likeness (QED) is 0.363. The van der Waals surface area contributed by atoms with E-state index in [0.29, 0.717) is 23.2 Å². The largest absolute Gasteiger partial charge is 0.493 e. The lowest BCUT2D eigenvalue weighted by Crippen LogP contribution is -2.33. The Morgan fingerprint density at radius 1 is 1.14 bits per heavy atom. The van der Waals surface area contributed by atoms with Crippen molar-refractivity contribution >= 4 is 22.0 Å². The molecule has 0 saturated carbocycles. The van der Waals surface area contributed by atoms with E-state index in [-0.39, 0.29) is 17.3 Å². The number of hydrogen-bond acceptors (Lipinski definition) is 3. The van der Waals surface area contributed by atoms with E-state index in [4.69, 9.17) is 9.47 Å². The molecular weight excluding hydrogens is 425 g/mol. The summed E-state index contributed by atoms with van der Waals surface area (Å²) in [5.74, 6) is 0.399. The molecule has 0 radical (unpaired) electrons. The minimum Gasteiger partial charge on any atom is -0.493 e. The molecule has 1 rings (SSSR count). The van der Waals surface area contributed by atoms with Crippen LogP contribution in [0.3, 0.4) is 0 Å². The average molecular weight is 458 g/mol. The molecule has 1 aromatic rings. The van der Waals surface area contributed by atoms with Gasteiger partial charge in [-0.05, 0) is 84.6 Å². The maximum absolute atomic E-state index is 13.7. The standard InChI is InChI=1S/C22H33BrFNO3/c1-15(27-21(2,3)4)17(11-16-12-18(23)14-19(24)13-16)9-8-10-25-20(26)28-22(5,6)7/h12-14,17H,1,8-11H2,2-7H3,(H,25,26). The number of carbonyl (C=O) groups is 1. The molecular formula is C22H33BrFNO3. The Morgan fingerprint density at radius 3 is 2.29 bits per heavy atom. The predicted molar refractivity (Wildman–Crippen MR) is 115 cm³/mol. The Balaban J connectivity index is 2.70. The van der Waals surface area contributed by atoms with Gasteiger partial charge in [0.1, 0.15) is 17.0 Å². The van der Waals surface area contributed by atoms with Crippen LogP contribution in [0.2, 0.25) is 0 Å². The van der Waals surface area contributed by atoms with Crippen LogP contribution in [-0.4, -0.2) is 23.8 Å². The molecule has 1 amide bonds. The number of amides is 1. The minimum absolute atomic E-state index is 0.00774. The van der Waals surface area contributed by atoms with Crippen molar-refractivity contribution < 1.29 is 18.7 Å². The zero-order chi connectivity index (χ0) is 21.5. The van der Waals surface area contributed by atoms with Gasteiger partial charge in [0, 0.05) is 16.9 Å². The lowest BCUT2D eigenvalue weighted by molar-refractivity contribution is 0.0332. The summed E-state index contributed by atoms with van der Waals surface area (Å²) in [4.78, 5) is 11.8. The van der Waals surface area contributed by atoms with Crippen molar-refractivity contribution in [2.24, 2.45) is 5.92 Å². The van der Waals surface area contributed by atoms with Crippen LogP contribution < -0.4 is 5.32 Å². The summed E-state index contributed by atoms with van der Waals surface area (Å²) in [5.41, 5.74) is -0.00519. The smallest absolute Gasteiger partial charge is 0.407 e. The highest BCUT2D eigenvalue weighted by molar-refractivity contribution is 9.10. The second kappa shape index (κ2) is 10.3. The molecule has 0 aromatic heterocycles. The van der Waals surface area contributed by atoms with Gasteiger partial charge in [0.05, 0.1) is 5.76 Å². The van der Waals surface area contributed by atoms with Gasteiger partial charge in [0.25, 0.3) is 0 Å². The fourth-order valence-electron chi connectivity index (χ4n) is 2.72. The van der Waals surface area contributed by atoms with Gasteiger partial charge in [-0.15, -0.1) is 0 Å². The third-order valence-corrected chi connectivity index (χ3v) is 4.15. The third-order valence-electron chi connectivity index (χ3n) is 3.69. The Labute approximate surface area is 177 Å². The lowest BCUT2D eigenvalue weighted by Gasteiger charge is -2.28. The minimum atomic E-state index is -0.522. The number of rotatable bonds is 8. The number of halogens is 2. The summed E-state index contributed by atoms with van der Waals surface area (Å²) in [6.45, 7) is 16.0. The van der Waals surface area contributed by atoms with E-state index < -0.39 is 11.7 Å². The van der Waals surface area contributed by atoms with Crippen molar-refractivity contribution in [2.45, 2.75) is 72.0 Å². The first kappa shape index (κ1) is 24.5. The monoisotopic (exact) mass is 457 g/mol. The molecule has 1 unspecified atom stereocenters. The maximum atomic E-state index is 13.7. The molecule has 28 heavy (non-hydrogen) atoms. The first-order chi connectivity index (χ1) is 12.7. The third kappa shape index (κ3) is 10.7. The van der Waals surface area contributed by atoms with E-state index in [1.54, 1.807) is 0 Å². The normalized spacial score (nSPS) is 13.0. The van der Waals surface area contributed by atoms with Crippen LogP contribution in [0.25, 0.3) is 0 Å². The van der Waals surface area contributed by atoms with E-state index in [1.807, 2.05) is 47.6 Å².